The number of hydrogen-bond donors (Lipinski definition) is 0. The molecule has 2 aromatic carbocycles. The van der Waals surface area contributed by atoms with Crippen LogP contribution in [0.2, 0.25) is 0 Å². The molecular weight excluding hydrogens is 264 g/mol. The van der Waals surface area contributed by atoms with E-state index in [2.05, 4.69) is 0 Å². The first-order valence-electron chi connectivity index (χ1n) is 5.56. The quantitative estimate of drug-likeness (QED) is 0.862. The van der Waals surface area contributed by atoms with E-state index in [1.165, 1.54) is 0 Å². The van der Waals surface area contributed by atoms with Crippen molar-refractivity contribution in [2.24, 2.45) is 0 Å². The zero-order chi connectivity index (χ0) is 13.0. The lowest BCUT2D eigenvalue weighted by Crippen LogP contribution is -2.06. The maximum Gasteiger partial charge on any atom is 0.108 e. The summed E-state index contributed by atoms with van der Waals surface area (Å²) in [5, 5.41) is 0.148. The fraction of sp³-hybridized carbons (Fsp3) is 0.143. The molecule has 4 heteroatoms. The van der Waals surface area contributed by atoms with Gasteiger partial charge in [-0.1, -0.05) is 36.4 Å². The Labute approximate surface area is 112 Å². The summed E-state index contributed by atoms with van der Waals surface area (Å²) in [6, 6.07) is 16.6. The molecule has 0 radical (unpaired) electrons. The summed E-state index contributed by atoms with van der Waals surface area (Å²) in [7, 11) is -2.45. The molecule has 0 aliphatic carbocycles. The first-order chi connectivity index (χ1) is 8.68. The Balaban J connectivity index is 2.14. The predicted octanol–water partition coefficient (Wildman–Crippen LogP) is 2.87. The molecule has 0 spiro atoms. The summed E-state index contributed by atoms with van der Waals surface area (Å²) in [4.78, 5) is 1.49. The summed E-state index contributed by atoms with van der Waals surface area (Å²) in [5.41, 5.74) is 0.973. The number of rotatable bonds is 4. The van der Waals surface area contributed by atoms with Gasteiger partial charge < -0.3 is 0 Å². The van der Waals surface area contributed by atoms with E-state index in [4.69, 9.17) is 0 Å². The molecule has 0 amide bonds. The van der Waals surface area contributed by atoms with Crippen molar-refractivity contribution in [2.75, 3.05) is 5.08 Å². The minimum absolute atomic E-state index is 0.148. The third-order valence-electron chi connectivity index (χ3n) is 2.56. The average Bonchev–Trinajstić information content (AvgIpc) is 2.40. The van der Waals surface area contributed by atoms with Gasteiger partial charge in [0.25, 0.3) is 0 Å². The van der Waals surface area contributed by atoms with Crippen LogP contribution in [0.4, 0.5) is 0 Å². The molecule has 2 nitrogen and oxygen atoms in total. The van der Waals surface area contributed by atoms with E-state index in [1.807, 2.05) is 49.4 Å². The van der Waals surface area contributed by atoms with Gasteiger partial charge in [-0.05, 0) is 30.7 Å². The van der Waals surface area contributed by atoms with Crippen LogP contribution >= 0.6 is 0 Å². The Morgan fingerprint density at radius 1 is 0.833 bits per heavy atom. The van der Waals surface area contributed by atoms with Crippen LogP contribution in [0, 0.1) is 6.92 Å². The van der Waals surface area contributed by atoms with Gasteiger partial charge in [0.15, 0.2) is 0 Å². The molecule has 94 valence electrons. The highest BCUT2D eigenvalue weighted by Crippen LogP contribution is 2.15. The zero-order valence-corrected chi connectivity index (χ0v) is 11.7. The molecule has 2 aromatic rings. The molecule has 2 rings (SSSR count). The smallest absolute Gasteiger partial charge is 0.108 e. The van der Waals surface area contributed by atoms with E-state index in [-0.39, 0.29) is 5.08 Å². The summed E-state index contributed by atoms with van der Waals surface area (Å²) in [6.07, 6.45) is 0. The number of aryl methyl sites for hydroxylation is 1. The second kappa shape index (κ2) is 6.07. The summed E-state index contributed by atoms with van der Waals surface area (Å²) in [5.74, 6) is 0. The lowest BCUT2D eigenvalue weighted by molar-refractivity contribution is 0.679. The lowest BCUT2D eigenvalue weighted by atomic mass is 10.2. The van der Waals surface area contributed by atoms with Gasteiger partial charge in [0, 0.05) is 9.79 Å². The highest BCUT2D eigenvalue weighted by atomic mass is 32.2. The monoisotopic (exact) mass is 278 g/mol. The van der Waals surface area contributed by atoms with Crippen LogP contribution < -0.4 is 0 Å². The largest absolute Gasteiger partial charge is 0.253 e. The standard InChI is InChI=1S/C14H14O2S2/c1-12-7-5-6-10-14(12)18(16)11-17(15)13-8-3-2-4-9-13/h2-10H,11H2,1H3. The van der Waals surface area contributed by atoms with Gasteiger partial charge in [0.05, 0.1) is 21.6 Å². The molecular formula is C14H14O2S2. The van der Waals surface area contributed by atoms with Crippen molar-refractivity contribution in [2.45, 2.75) is 16.7 Å². The third-order valence-corrected chi connectivity index (χ3v) is 6.02. The summed E-state index contributed by atoms with van der Waals surface area (Å²) < 4.78 is 24.2. The molecule has 0 fully saturated rings. The summed E-state index contributed by atoms with van der Waals surface area (Å²) in [6.45, 7) is 1.92. The van der Waals surface area contributed by atoms with Crippen LogP contribution in [0.1, 0.15) is 5.56 Å². The molecule has 0 N–H and O–H groups in total. The molecule has 0 saturated carbocycles. The maximum absolute atomic E-state index is 12.2. The Hall–Kier alpha value is -1.26. The van der Waals surface area contributed by atoms with E-state index in [9.17, 15) is 8.42 Å². The second-order valence-corrected chi connectivity index (χ2v) is 7.12. The molecule has 0 bridgehead atoms. The summed E-state index contributed by atoms with van der Waals surface area (Å²) >= 11 is 0. The van der Waals surface area contributed by atoms with Gasteiger partial charge in [0.2, 0.25) is 0 Å². The normalized spacial score (nSPS) is 14.1. The lowest BCUT2D eigenvalue weighted by Gasteiger charge is -2.05. The minimum Gasteiger partial charge on any atom is -0.253 e. The van der Waals surface area contributed by atoms with Crippen molar-refractivity contribution in [3.63, 3.8) is 0 Å². The van der Waals surface area contributed by atoms with Crippen LogP contribution in [-0.2, 0) is 21.6 Å². The Kier molecular flexibility index (Phi) is 4.44. The maximum atomic E-state index is 12.2. The van der Waals surface area contributed by atoms with Crippen LogP contribution in [0.15, 0.2) is 64.4 Å². The number of hydrogen-bond acceptors (Lipinski definition) is 2. The molecule has 0 aliphatic rings. The highest BCUT2D eigenvalue weighted by Gasteiger charge is 2.12. The SMILES string of the molecule is Cc1ccccc1S(=O)CS(=O)c1ccccc1. The number of benzene rings is 2. The fourth-order valence-electron chi connectivity index (χ4n) is 1.61. The average molecular weight is 278 g/mol. The highest BCUT2D eigenvalue weighted by molar-refractivity contribution is 8.02. The van der Waals surface area contributed by atoms with Gasteiger partial charge in [-0.25, -0.2) is 0 Å². The van der Waals surface area contributed by atoms with Gasteiger partial charge >= 0.3 is 0 Å². The first-order valence-corrected chi connectivity index (χ1v) is 8.19. The van der Waals surface area contributed by atoms with Crippen molar-refractivity contribution in [1.29, 1.82) is 0 Å². The van der Waals surface area contributed by atoms with Gasteiger partial charge in [-0.2, -0.15) is 0 Å². The molecule has 2 unspecified atom stereocenters. The Morgan fingerprint density at radius 2 is 1.44 bits per heavy atom. The van der Waals surface area contributed by atoms with Crippen LogP contribution in [0.5, 0.6) is 0 Å². The van der Waals surface area contributed by atoms with Gasteiger partial charge in [0.1, 0.15) is 5.08 Å². The van der Waals surface area contributed by atoms with Gasteiger partial charge in [-0.15, -0.1) is 0 Å². The van der Waals surface area contributed by atoms with Crippen molar-refractivity contribution in [3.05, 3.63) is 60.2 Å². The van der Waals surface area contributed by atoms with Crippen LogP contribution in [0.3, 0.4) is 0 Å². The molecule has 2 atom stereocenters. The van der Waals surface area contributed by atoms with E-state index in [0.717, 1.165) is 15.4 Å². The minimum atomic E-state index is -1.23. The van der Waals surface area contributed by atoms with E-state index in [1.54, 1.807) is 12.1 Å². The predicted molar refractivity (Wildman–Crippen MR) is 75.3 cm³/mol. The molecule has 0 aromatic heterocycles. The molecule has 18 heavy (non-hydrogen) atoms. The van der Waals surface area contributed by atoms with E-state index < -0.39 is 21.6 Å². The van der Waals surface area contributed by atoms with Crippen LogP contribution in [-0.4, -0.2) is 13.5 Å². The first kappa shape index (κ1) is 13.2. The van der Waals surface area contributed by atoms with Crippen molar-refractivity contribution >= 4 is 21.6 Å². The zero-order valence-electron chi connectivity index (χ0n) is 10.0. The molecule has 0 saturated heterocycles. The van der Waals surface area contributed by atoms with Crippen LogP contribution in [0.25, 0.3) is 0 Å². The molecule has 0 aliphatic heterocycles. The second-order valence-electron chi connectivity index (χ2n) is 3.89. The molecule has 0 heterocycles. The van der Waals surface area contributed by atoms with Crippen molar-refractivity contribution in [1.82, 2.24) is 0 Å². The van der Waals surface area contributed by atoms with E-state index in [0.29, 0.717) is 0 Å². The Bertz CT molecular complexity index is 579. The Morgan fingerprint density at radius 3 is 2.11 bits per heavy atom. The topological polar surface area (TPSA) is 34.1 Å². The fourth-order valence-corrected chi connectivity index (χ4v) is 4.56. The van der Waals surface area contributed by atoms with Gasteiger partial charge in [-0.3, -0.25) is 8.42 Å². The third kappa shape index (κ3) is 3.15. The van der Waals surface area contributed by atoms with E-state index >= 15 is 0 Å². The van der Waals surface area contributed by atoms with Crippen molar-refractivity contribution in [3.8, 4) is 0 Å². The van der Waals surface area contributed by atoms with Crippen molar-refractivity contribution < 1.29 is 8.42 Å².